The second kappa shape index (κ2) is 9.90. The van der Waals surface area contributed by atoms with E-state index in [0.29, 0.717) is 5.56 Å². The molecule has 0 radical (unpaired) electrons. The molecule has 0 fully saturated rings. The van der Waals surface area contributed by atoms with E-state index in [4.69, 9.17) is 4.74 Å². The van der Waals surface area contributed by atoms with Crippen LogP contribution in [-0.4, -0.2) is 67.6 Å². The lowest BCUT2D eigenvalue weighted by Crippen LogP contribution is -2.56. The molecule has 2 aromatic rings. The maximum Gasteiger partial charge on any atom is 0.217 e. The van der Waals surface area contributed by atoms with E-state index < -0.39 is 35.6 Å². The van der Waals surface area contributed by atoms with Crippen molar-refractivity contribution in [2.75, 3.05) is 13.7 Å². The average Bonchev–Trinajstić information content (AvgIpc) is 2.77. The van der Waals surface area contributed by atoms with Crippen molar-refractivity contribution in [1.29, 1.82) is 0 Å². The molecule has 0 aromatic heterocycles. The highest BCUT2D eigenvalue weighted by atomic mass is 16.5. The summed E-state index contributed by atoms with van der Waals surface area (Å²) in [5.41, 5.74) is -2.31. The number of hydrogen-bond acceptors (Lipinski definition) is 9. The van der Waals surface area contributed by atoms with Crippen LogP contribution in [0, 0.1) is 0 Å². The minimum atomic E-state index is -2.97. The van der Waals surface area contributed by atoms with Crippen molar-refractivity contribution in [2.45, 2.75) is 11.7 Å². The van der Waals surface area contributed by atoms with Crippen molar-refractivity contribution in [2.24, 2.45) is 0 Å². The molecule has 9 heteroatoms. The standard InChI is InChI=1S/C22H22O9/c1-31-18-11-14(3-7-16(18)25)5-9-20(28)22(30,21(29)12-23)19(27)8-4-13-2-6-15(24)17(26)10-13/h2-11,21,23-26,29-30H,12H2,1H3. The number of hydrogen-bond donors (Lipinski definition) is 6. The Morgan fingerprint density at radius 1 is 0.935 bits per heavy atom. The molecule has 2 unspecified atom stereocenters. The Morgan fingerprint density at radius 3 is 1.94 bits per heavy atom. The Morgan fingerprint density at radius 2 is 1.45 bits per heavy atom. The molecule has 164 valence electrons. The lowest BCUT2D eigenvalue weighted by atomic mass is 9.86. The Balaban J connectivity index is 2.31. The number of aliphatic hydroxyl groups excluding tert-OH is 2. The predicted molar refractivity (Wildman–Crippen MR) is 111 cm³/mol. The molecule has 0 saturated carbocycles. The third-order valence-electron chi connectivity index (χ3n) is 4.46. The van der Waals surface area contributed by atoms with Gasteiger partial charge in [0.05, 0.1) is 13.7 Å². The summed E-state index contributed by atoms with van der Waals surface area (Å²) in [7, 11) is 1.34. The largest absolute Gasteiger partial charge is 0.504 e. The summed E-state index contributed by atoms with van der Waals surface area (Å²) >= 11 is 0. The van der Waals surface area contributed by atoms with Crippen LogP contribution in [0.15, 0.2) is 48.6 Å². The number of rotatable bonds is 9. The van der Waals surface area contributed by atoms with Crippen LogP contribution in [0.2, 0.25) is 0 Å². The van der Waals surface area contributed by atoms with Gasteiger partial charge in [-0.15, -0.1) is 0 Å². The molecule has 0 aliphatic rings. The highest BCUT2D eigenvalue weighted by Crippen LogP contribution is 2.28. The molecule has 2 atom stereocenters. The summed E-state index contributed by atoms with van der Waals surface area (Å²) in [6.07, 6.45) is 1.93. The number of carbonyl (C=O) groups excluding carboxylic acids is 2. The summed E-state index contributed by atoms with van der Waals surface area (Å²) in [6, 6.07) is 7.84. The first kappa shape index (κ1) is 23.6. The van der Waals surface area contributed by atoms with Crippen molar-refractivity contribution >= 4 is 23.7 Å². The number of benzene rings is 2. The van der Waals surface area contributed by atoms with Gasteiger partial charge in [-0.25, -0.2) is 0 Å². The average molecular weight is 430 g/mol. The first-order valence-electron chi connectivity index (χ1n) is 8.98. The first-order chi connectivity index (χ1) is 14.6. The molecular formula is C22H22O9. The number of carbonyl (C=O) groups is 2. The molecule has 0 bridgehead atoms. The molecule has 6 N–H and O–H groups in total. The summed E-state index contributed by atoms with van der Waals surface area (Å²) in [5.74, 6) is -3.20. The molecule has 0 aliphatic heterocycles. The molecule has 0 saturated heterocycles. The van der Waals surface area contributed by atoms with Crippen LogP contribution in [0.3, 0.4) is 0 Å². The number of phenolic OH excluding ortho intramolecular Hbond substituents is 3. The summed E-state index contributed by atoms with van der Waals surface area (Å²) in [5, 5.41) is 58.3. The van der Waals surface area contributed by atoms with Gasteiger partial charge < -0.3 is 35.4 Å². The quantitative estimate of drug-likeness (QED) is 0.191. The van der Waals surface area contributed by atoms with E-state index in [2.05, 4.69) is 0 Å². The van der Waals surface area contributed by atoms with Crippen molar-refractivity contribution in [3.8, 4) is 23.0 Å². The summed E-state index contributed by atoms with van der Waals surface area (Å²) < 4.78 is 4.96. The topological polar surface area (TPSA) is 165 Å². The summed E-state index contributed by atoms with van der Waals surface area (Å²) in [4.78, 5) is 25.2. The highest BCUT2D eigenvalue weighted by molar-refractivity contribution is 6.20. The van der Waals surface area contributed by atoms with Crippen LogP contribution in [0.1, 0.15) is 11.1 Å². The van der Waals surface area contributed by atoms with E-state index in [9.17, 15) is 40.2 Å². The van der Waals surface area contributed by atoms with Gasteiger partial charge in [0.25, 0.3) is 0 Å². The number of methoxy groups -OCH3 is 1. The number of ketones is 2. The van der Waals surface area contributed by atoms with Gasteiger partial charge in [0, 0.05) is 0 Å². The van der Waals surface area contributed by atoms with Gasteiger partial charge in [0.1, 0.15) is 6.10 Å². The first-order valence-corrected chi connectivity index (χ1v) is 8.98. The monoisotopic (exact) mass is 430 g/mol. The van der Waals surface area contributed by atoms with Crippen LogP contribution in [0.25, 0.3) is 12.2 Å². The van der Waals surface area contributed by atoms with Gasteiger partial charge in [0.15, 0.2) is 34.6 Å². The molecular weight excluding hydrogens is 408 g/mol. The smallest absolute Gasteiger partial charge is 0.217 e. The molecule has 0 heterocycles. The molecule has 0 amide bonds. The van der Waals surface area contributed by atoms with Gasteiger partial charge in [-0.05, 0) is 47.5 Å². The minimum Gasteiger partial charge on any atom is -0.504 e. The van der Waals surface area contributed by atoms with Crippen molar-refractivity contribution in [3.63, 3.8) is 0 Å². The fourth-order valence-electron chi connectivity index (χ4n) is 2.62. The van der Waals surface area contributed by atoms with Crippen LogP contribution in [0.5, 0.6) is 23.0 Å². The van der Waals surface area contributed by atoms with Gasteiger partial charge in [-0.2, -0.15) is 0 Å². The Labute approximate surface area is 177 Å². The zero-order valence-electron chi connectivity index (χ0n) is 16.5. The zero-order chi connectivity index (χ0) is 23.2. The maximum absolute atomic E-state index is 12.6. The summed E-state index contributed by atoms with van der Waals surface area (Å²) in [6.45, 7) is -1.07. The number of aromatic hydroxyl groups is 3. The van der Waals surface area contributed by atoms with Crippen molar-refractivity contribution in [3.05, 3.63) is 59.7 Å². The number of phenols is 3. The van der Waals surface area contributed by atoms with Crippen LogP contribution < -0.4 is 4.74 Å². The number of ether oxygens (including phenoxy) is 1. The van der Waals surface area contributed by atoms with Crippen LogP contribution >= 0.6 is 0 Å². The van der Waals surface area contributed by atoms with Gasteiger partial charge in [0.2, 0.25) is 5.60 Å². The molecule has 31 heavy (non-hydrogen) atoms. The second-order valence-electron chi connectivity index (χ2n) is 6.54. The van der Waals surface area contributed by atoms with E-state index >= 15 is 0 Å². The number of aliphatic hydroxyl groups is 3. The van der Waals surface area contributed by atoms with E-state index in [0.717, 1.165) is 24.3 Å². The van der Waals surface area contributed by atoms with Crippen LogP contribution in [0.4, 0.5) is 0 Å². The van der Waals surface area contributed by atoms with Crippen molar-refractivity contribution < 1.29 is 45.0 Å². The van der Waals surface area contributed by atoms with Gasteiger partial charge in [-0.3, -0.25) is 9.59 Å². The SMILES string of the molecule is COc1cc(C=CC(=O)C(O)(C(=O)C=Cc2ccc(O)c(O)c2)C(O)CO)ccc1O. The van der Waals surface area contributed by atoms with E-state index in [1.54, 1.807) is 0 Å². The van der Waals surface area contributed by atoms with E-state index in [1.807, 2.05) is 0 Å². The maximum atomic E-state index is 12.6. The van der Waals surface area contributed by atoms with E-state index in [-0.39, 0.29) is 22.8 Å². The fraction of sp³-hybridized carbons (Fsp3) is 0.182. The third-order valence-corrected chi connectivity index (χ3v) is 4.46. The highest BCUT2D eigenvalue weighted by Gasteiger charge is 2.47. The van der Waals surface area contributed by atoms with Gasteiger partial charge >= 0.3 is 0 Å². The molecule has 2 rings (SSSR count). The minimum absolute atomic E-state index is 0.126. The Bertz CT molecular complexity index is 1030. The Hall–Kier alpha value is -3.66. The second-order valence-corrected chi connectivity index (χ2v) is 6.54. The van der Waals surface area contributed by atoms with Crippen molar-refractivity contribution in [1.82, 2.24) is 0 Å². The zero-order valence-corrected chi connectivity index (χ0v) is 16.5. The fourth-order valence-corrected chi connectivity index (χ4v) is 2.62. The lowest BCUT2D eigenvalue weighted by Gasteiger charge is -2.26. The lowest BCUT2D eigenvalue weighted by molar-refractivity contribution is -0.159. The molecule has 9 nitrogen and oxygen atoms in total. The third kappa shape index (κ3) is 5.28. The molecule has 0 aliphatic carbocycles. The predicted octanol–water partition coefficient (Wildman–Crippen LogP) is 0.761. The molecule has 0 spiro atoms. The van der Waals surface area contributed by atoms with Gasteiger partial charge in [-0.1, -0.05) is 24.3 Å². The van der Waals surface area contributed by atoms with Crippen LogP contribution in [-0.2, 0) is 9.59 Å². The molecule has 2 aromatic carbocycles. The van der Waals surface area contributed by atoms with E-state index in [1.165, 1.54) is 43.5 Å². The normalized spacial score (nSPS) is 14.5. The Kier molecular flexibility index (Phi) is 7.54.